The SMILES string of the molecule is CC[C@@H](C)NC(=O)[C@@H](Cc1ccccc1)N(Cc1cccc(C)c1)C(=O)CSCc1ccccc1C. The van der Waals surface area contributed by atoms with E-state index in [1.807, 2.05) is 74.5 Å². The molecule has 0 aliphatic rings. The summed E-state index contributed by atoms with van der Waals surface area (Å²) in [7, 11) is 0. The lowest BCUT2D eigenvalue weighted by Gasteiger charge is -2.32. The minimum absolute atomic E-state index is 0.0182. The molecule has 2 amide bonds. The van der Waals surface area contributed by atoms with Gasteiger partial charge in [0.05, 0.1) is 5.75 Å². The van der Waals surface area contributed by atoms with Crippen LogP contribution in [0.3, 0.4) is 0 Å². The molecule has 0 aromatic heterocycles. The van der Waals surface area contributed by atoms with Crippen molar-refractivity contribution >= 4 is 23.6 Å². The first kappa shape index (κ1) is 27.5. The molecule has 0 saturated heterocycles. The van der Waals surface area contributed by atoms with Crippen LogP contribution in [0.25, 0.3) is 0 Å². The molecule has 1 N–H and O–H groups in total. The minimum Gasteiger partial charge on any atom is -0.352 e. The van der Waals surface area contributed by atoms with E-state index in [-0.39, 0.29) is 17.9 Å². The third-order valence-corrected chi connectivity index (χ3v) is 7.42. The van der Waals surface area contributed by atoms with Crippen LogP contribution in [-0.4, -0.2) is 34.6 Å². The van der Waals surface area contributed by atoms with Crippen LogP contribution in [0.15, 0.2) is 78.9 Å². The smallest absolute Gasteiger partial charge is 0.243 e. The fraction of sp³-hybridized carbons (Fsp3) is 0.355. The van der Waals surface area contributed by atoms with Gasteiger partial charge in [-0.05, 0) is 49.4 Å². The van der Waals surface area contributed by atoms with Crippen LogP contribution in [0, 0.1) is 13.8 Å². The zero-order valence-electron chi connectivity index (χ0n) is 21.9. The maximum atomic E-state index is 13.7. The highest BCUT2D eigenvalue weighted by molar-refractivity contribution is 7.99. The molecule has 3 aromatic rings. The van der Waals surface area contributed by atoms with Gasteiger partial charge in [0.1, 0.15) is 6.04 Å². The molecule has 0 aliphatic carbocycles. The molecule has 4 nitrogen and oxygen atoms in total. The molecule has 0 bridgehead atoms. The van der Waals surface area contributed by atoms with Crippen molar-refractivity contribution in [2.24, 2.45) is 0 Å². The van der Waals surface area contributed by atoms with Gasteiger partial charge in [-0.25, -0.2) is 0 Å². The Morgan fingerprint density at radius 1 is 0.917 bits per heavy atom. The zero-order valence-corrected chi connectivity index (χ0v) is 22.7. The van der Waals surface area contributed by atoms with Gasteiger partial charge in [0.2, 0.25) is 11.8 Å². The Kier molecular flexibility index (Phi) is 10.6. The lowest BCUT2D eigenvalue weighted by molar-refractivity contribution is -0.139. The van der Waals surface area contributed by atoms with E-state index in [0.29, 0.717) is 18.7 Å². The Morgan fingerprint density at radius 3 is 2.31 bits per heavy atom. The van der Waals surface area contributed by atoms with Crippen molar-refractivity contribution in [2.45, 2.75) is 64.9 Å². The standard InChI is InChI=1S/C31H38N2O2S/c1-5-25(4)32-31(35)29(19-26-14-7-6-8-15-26)33(20-27-16-11-12-23(2)18-27)30(34)22-36-21-28-17-10-9-13-24(28)3/h6-18,25,29H,5,19-22H2,1-4H3,(H,32,35)/t25-,29-/m1/s1. The molecule has 36 heavy (non-hydrogen) atoms. The van der Waals surface area contributed by atoms with Gasteiger partial charge in [0.25, 0.3) is 0 Å². The maximum absolute atomic E-state index is 13.7. The molecule has 2 atom stereocenters. The Hall–Kier alpha value is -3.05. The normalized spacial score (nSPS) is 12.6. The van der Waals surface area contributed by atoms with Gasteiger partial charge in [-0.3, -0.25) is 9.59 Å². The van der Waals surface area contributed by atoms with Crippen molar-refractivity contribution < 1.29 is 9.59 Å². The highest BCUT2D eigenvalue weighted by atomic mass is 32.2. The summed E-state index contributed by atoms with van der Waals surface area (Å²) in [6, 6.07) is 25.8. The summed E-state index contributed by atoms with van der Waals surface area (Å²) in [4.78, 5) is 29.1. The van der Waals surface area contributed by atoms with Crippen LogP contribution < -0.4 is 5.32 Å². The van der Waals surface area contributed by atoms with E-state index >= 15 is 0 Å². The number of carbonyl (C=O) groups excluding carboxylic acids is 2. The predicted octanol–water partition coefficient (Wildman–Crippen LogP) is 6.09. The first-order chi connectivity index (χ1) is 17.4. The number of rotatable bonds is 12. The number of nitrogens with one attached hydrogen (secondary N) is 1. The molecule has 3 rings (SSSR count). The second kappa shape index (κ2) is 13.9. The topological polar surface area (TPSA) is 49.4 Å². The lowest BCUT2D eigenvalue weighted by Crippen LogP contribution is -2.52. The molecule has 0 heterocycles. The van der Waals surface area contributed by atoms with E-state index in [1.54, 1.807) is 16.7 Å². The van der Waals surface area contributed by atoms with Gasteiger partial charge >= 0.3 is 0 Å². The molecule has 5 heteroatoms. The summed E-state index contributed by atoms with van der Waals surface area (Å²) in [5.41, 5.74) is 5.66. The Morgan fingerprint density at radius 2 is 1.61 bits per heavy atom. The van der Waals surface area contributed by atoms with Crippen LogP contribution >= 0.6 is 11.8 Å². The van der Waals surface area contributed by atoms with Gasteiger partial charge in [0, 0.05) is 24.8 Å². The Balaban J connectivity index is 1.86. The van der Waals surface area contributed by atoms with Crippen LogP contribution in [0.1, 0.15) is 48.1 Å². The number of hydrogen-bond donors (Lipinski definition) is 1. The second-order valence-electron chi connectivity index (χ2n) is 9.45. The van der Waals surface area contributed by atoms with E-state index in [1.165, 1.54) is 11.1 Å². The minimum atomic E-state index is -0.589. The van der Waals surface area contributed by atoms with Crippen molar-refractivity contribution in [2.75, 3.05) is 5.75 Å². The van der Waals surface area contributed by atoms with Crippen LogP contribution in [0.5, 0.6) is 0 Å². The Bertz CT molecular complexity index is 1130. The average Bonchev–Trinajstić information content (AvgIpc) is 2.87. The van der Waals surface area contributed by atoms with E-state index in [4.69, 9.17) is 0 Å². The number of benzene rings is 3. The number of aryl methyl sites for hydroxylation is 2. The number of nitrogens with zero attached hydrogens (tertiary/aromatic N) is 1. The molecular weight excluding hydrogens is 464 g/mol. The van der Waals surface area contributed by atoms with Gasteiger partial charge in [-0.15, -0.1) is 11.8 Å². The first-order valence-corrected chi connectivity index (χ1v) is 13.8. The first-order valence-electron chi connectivity index (χ1n) is 12.7. The number of thioether (sulfide) groups is 1. The fourth-order valence-electron chi connectivity index (χ4n) is 4.11. The van der Waals surface area contributed by atoms with Gasteiger partial charge in [0.15, 0.2) is 0 Å². The molecule has 0 radical (unpaired) electrons. The monoisotopic (exact) mass is 502 g/mol. The van der Waals surface area contributed by atoms with Crippen molar-refractivity contribution in [3.05, 3.63) is 107 Å². The Labute approximate surface area is 220 Å². The molecule has 0 unspecified atom stereocenters. The molecule has 0 fully saturated rings. The van der Waals surface area contributed by atoms with Crippen molar-refractivity contribution in [1.29, 1.82) is 0 Å². The summed E-state index contributed by atoms with van der Waals surface area (Å²) in [6.45, 7) is 8.59. The third kappa shape index (κ3) is 8.27. The van der Waals surface area contributed by atoms with E-state index in [2.05, 4.69) is 37.4 Å². The van der Waals surface area contributed by atoms with Gasteiger partial charge in [-0.2, -0.15) is 0 Å². The molecule has 0 saturated carbocycles. The highest BCUT2D eigenvalue weighted by Crippen LogP contribution is 2.20. The van der Waals surface area contributed by atoms with Crippen molar-refractivity contribution in [3.8, 4) is 0 Å². The third-order valence-electron chi connectivity index (χ3n) is 6.45. The number of carbonyl (C=O) groups is 2. The number of hydrogen-bond acceptors (Lipinski definition) is 3. The van der Waals surface area contributed by atoms with E-state index in [0.717, 1.165) is 28.9 Å². The largest absolute Gasteiger partial charge is 0.352 e. The van der Waals surface area contributed by atoms with Crippen molar-refractivity contribution in [1.82, 2.24) is 10.2 Å². The van der Waals surface area contributed by atoms with Crippen LogP contribution in [0.2, 0.25) is 0 Å². The summed E-state index contributed by atoms with van der Waals surface area (Å²) in [5.74, 6) is 0.967. The maximum Gasteiger partial charge on any atom is 0.243 e. The second-order valence-corrected chi connectivity index (χ2v) is 10.4. The number of amides is 2. The lowest BCUT2D eigenvalue weighted by atomic mass is 10.0. The predicted molar refractivity (Wildman–Crippen MR) is 151 cm³/mol. The molecule has 3 aromatic carbocycles. The average molecular weight is 503 g/mol. The fourth-order valence-corrected chi connectivity index (χ4v) is 5.09. The van der Waals surface area contributed by atoms with Crippen molar-refractivity contribution in [3.63, 3.8) is 0 Å². The summed E-state index contributed by atoms with van der Waals surface area (Å²) in [5, 5.41) is 3.13. The molecule has 0 aliphatic heterocycles. The summed E-state index contributed by atoms with van der Waals surface area (Å²) >= 11 is 1.60. The van der Waals surface area contributed by atoms with E-state index in [9.17, 15) is 9.59 Å². The van der Waals surface area contributed by atoms with E-state index < -0.39 is 6.04 Å². The van der Waals surface area contributed by atoms with Gasteiger partial charge < -0.3 is 10.2 Å². The summed E-state index contributed by atoms with van der Waals surface area (Å²) < 4.78 is 0. The van der Waals surface area contributed by atoms with Crippen LogP contribution in [0.4, 0.5) is 0 Å². The highest BCUT2D eigenvalue weighted by Gasteiger charge is 2.30. The summed E-state index contributed by atoms with van der Waals surface area (Å²) in [6.07, 6.45) is 1.31. The van der Waals surface area contributed by atoms with Gasteiger partial charge in [-0.1, -0.05) is 91.3 Å². The molecular formula is C31H38N2O2S. The molecule has 0 spiro atoms. The van der Waals surface area contributed by atoms with Crippen LogP contribution in [-0.2, 0) is 28.3 Å². The quantitative estimate of drug-likeness (QED) is 0.326. The molecule has 190 valence electrons. The zero-order chi connectivity index (χ0) is 25.9.